The Morgan fingerprint density at radius 3 is 2.17 bits per heavy atom. The molecule has 0 aromatic heterocycles. The van der Waals surface area contributed by atoms with Crippen LogP contribution >= 0.6 is 0 Å². The Morgan fingerprint density at radius 1 is 1.28 bits per heavy atom. The van der Waals surface area contributed by atoms with E-state index >= 15 is 0 Å². The Morgan fingerprint density at radius 2 is 1.89 bits per heavy atom. The molecule has 2 rings (SSSR count). The molecule has 0 amide bonds. The minimum Gasteiger partial charge on any atom is -0.394 e. The zero-order valence-electron chi connectivity index (χ0n) is 11.3. The van der Waals surface area contributed by atoms with E-state index in [1.807, 2.05) is 39.2 Å². The highest BCUT2D eigenvalue weighted by Crippen LogP contribution is 2.18. The van der Waals surface area contributed by atoms with Crippen LogP contribution in [0.15, 0.2) is 30.3 Å². The number of rotatable bonds is 2. The Bertz CT molecular complexity index is 329. The summed E-state index contributed by atoms with van der Waals surface area (Å²) < 4.78 is 5.12. The van der Waals surface area contributed by atoms with E-state index in [1.54, 1.807) is 0 Å². The molecule has 0 aliphatic carbocycles. The number of ether oxygens (including phenoxy) is 1. The molecule has 3 atom stereocenters. The van der Waals surface area contributed by atoms with Crippen LogP contribution in [-0.2, 0) is 4.74 Å². The summed E-state index contributed by atoms with van der Waals surface area (Å²) in [6.07, 6.45) is -0.0762. The van der Waals surface area contributed by atoms with Gasteiger partial charge in [0, 0.05) is 26.2 Å². The largest absolute Gasteiger partial charge is 0.394 e. The van der Waals surface area contributed by atoms with Gasteiger partial charge in [0.25, 0.3) is 0 Å². The van der Waals surface area contributed by atoms with Crippen LogP contribution in [0.3, 0.4) is 0 Å². The molecule has 1 aliphatic heterocycles. The third kappa shape index (κ3) is 4.64. The number of hydrogen-bond donors (Lipinski definition) is 2. The second kappa shape index (κ2) is 7.36. The highest BCUT2D eigenvalue weighted by Gasteiger charge is 2.30. The number of para-hydroxylation sites is 1. The third-order valence-electron chi connectivity index (χ3n) is 2.86. The van der Waals surface area contributed by atoms with Gasteiger partial charge < -0.3 is 19.8 Å². The summed E-state index contributed by atoms with van der Waals surface area (Å²) >= 11 is 0. The molecular weight excluding hydrogens is 230 g/mol. The lowest BCUT2D eigenvalue weighted by atomic mass is 10.1. The van der Waals surface area contributed by atoms with Gasteiger partial charge in [0.1, 0.15) is 6.10 Å². The predicted octanol–water partition coefficient (Wildman–Crippen LogP) is 1.27. The average molecular weight is 253 g/mol. The zero-order chi connectivity index (χ0) is 13.5. The van der Waals surface area contributed by atoms with Crippen LogP contribution in [0.5, 0.6) is 0 Å². The van der Waals surface area contributed by atoms with E-state index < -0.39 is 6.10 Å². The van der Waals surface area contributed by atoms with E-state index in [-0.39, 0.29) is 18.8 Å². The van der Waals surface area contributed by atoms with Gasteiger partial charge >= 0.3 is 0 Å². The van der Waals surface area contributed by atoms with Crippen molar-refractivity contribution in [3.63, 3.8) is 0 Å². The second-order valence-corrected chi connectivity index (χ2v) is 4.70. The number of nitrogens with zero attached hydrogens (tertiary/aromatic N) is 1. The summed E-state index contributed by atoms with van der Waals surface area (Å²) in [7, 11) is 4.07. The summed E-state index contributed by atoms with van der Waals surface area (Å²) in [6.45, 7) is 1.81. The molecule has 4 heteroatoms. The molecule has 1 aromatic rings. The van der Waals surface area contributed by atoms with Gasteiger partial charge in [-0.25, -0.2) is 0 Å². The minimum atomic E-state index is -0.468. The van der Waals surface area contributed by atoms with Crippen LogP contribution in [0, 0.1) is 0 Å². The van der Waals surface area contributed by atoms with E-state index in [0.717, 1.165) is 0 Å². The zero-order valence-corrected chi connectivity index (χ0v) is 11.3. The highest BCUT2D eigenvalue weighted by atomic mass is 16.5. The van der Waals surface area contributed by atoms with Crippen molar-refractivity contribution in [3.05, 3.63) is 30.3 Å². The second-order valence-electron chi connectivity index (χ2n) is 4.70. The third-order valence-corrected chi connectivity index (χ3v) is 2.86. The molecule has 18 heavy (non-hydrogen) atoms. The summed E-state index contributed by atoms with van der Waals surface area (Å²) in [6, 6.07) is 10.3. The van der Waals surface area contributed by atoms with Crippen LogP contribution in [-0.4, -0.2) is 49.2 Å². The lowest BCUT2D eigenvalue weighted by Gasteiger charge is -2.10. The molecule has 0 spiro atoms. The molecule has 1 aromatic carbocycles. The van der Waals surface area contributed by atoms with Gasteiger partial charge in [0.15, 0.2) is 0 Å². The Balaban J connectivity index is 0.000000180. The number of aliphatic hydroxyl groups excluding tert-OH is 2. The van der Waals surface area contributed by atoms with Crippen LogP contribution in [0.2, 0.25) is 0 Å². The lowest BCUT2D eigenvalue weighted by Crippen LogP contribution is -2.24. The molecule has 0 saturated carbocycles. The molecule has 0 bridgehead atoms. The number of benzene rings is 1. The SMILES string of the molecule is CC1CC(O)C(CO)O1.CN(C)c1ccccc1. The quantitative estimate of drug-likeness (QED) is 0.833. The monoisotopic (exact) mass is 253 g/mol. The normalized spacial score (nSPS) is 26.4. The molecule has 1 heterocycles. The number of aliphatic hydroxyl groups is 2. The molecule has 102 valence electrons. The van der Waals surface area contributed by atoms with E-state index in [1.165, 1.54) is 5.69 Å². The lowest BCUT2D eigenvalue weighted by molar-refractivity contribution is -0.0170. The maximum Gasteiger partial charge on any atom is 0.107 e. The van der Waals surface area contributed by atoms with Crippen molar-refractivity contribution in [2.45, 2.75) is 31.7 Å². The average Bonchev–Trinajstić information content (AvgIpc) is 2.69. The van der Waals surface area contributed by atoms with E-state index in [2.05, 4.69) is 17.0 Å². The smallest absolute Gasteiger partial charge is 0.107 e. The fourth-order valence-corrected chi connectivity index (χ4v) is 1.83. The Kier molecular flexibility index (Phi) is 6.12. The van der Waals surface area contributed by atoms with Gasteiger partial charge in [-0.15, -0.1) is 0 Å². The van der Waals surface area contributed by atoms with Crippen molar-refractivity contribution in [2.75, 3.05) is 25.6 Å². The maximum absolute atomic E-state index is 9.07. The van der Waals surface area contributed by atoms with Gasteiger partial charge in [0.05, 0.1) is 18.8 Å². The Hall–Kier alpha value is -1.10. The molecular formula is C14H23NO3. The first-order valence-corrected chi connectivity index (χ1v) is 6.21. The molecule has 1 saturated heterocycles. The van der Waals surface area contributed by atoms with Crippen LogP contribution in [0.25, 0.3) is 0 Å². The molecule has 1 fully saturated rings. The van der Waals surface area contributed by atoms with E-state index in [0.29, 0.717) is 6.42 Å². The van der Waals surface area contributed by atoms with E-state index in [4.69, 9.17) is 14.9 Å². The summed E-state index contributed by atoms with van der Waals surface area (Å²) in [5.74, 6) is 0. The van der Waals surface area contributed by atoms with Crippen molar-refractivity contribution >= 4 is 5.69 Å². The summed E-state index contributed by atoms with van der Waals surface area (Å²) in [5.41, 5.74) is 1.25. The van der Waals surface area contributed by atoms with Crippen molar-refractivity contribution in [1.29, 1.82) is 0 Å². The topological polar surface area (TPSA) is 52.9 Å². The number of hydrogen-bond acceptors (Lipinski definition) is 4. The van der Waals surface area contributed by atoms with Gasteiger partial charge in [-0.2, -0.15) is 0 Å². The number of anilines is 1. The van der Waals surface area contributed by atoms with Gasteiger partial charge in [0.2, 0.25) is 0 Å². The fraction of sp³-hybridized carbons (Fsp3) is 0.571. The molecule has 4 nitrogen and oxygen atoms in total. The van der Waals surface area contributed by atoms with Crippen LogP contribution in [0.4, 0.5) is 5.69 Å². The Labute approximate surface area is 109 Å². The molecule has 0 radical (unpaired) electrons. The fourth-order valence-electron chi connectivity index (χ4n) is 1.83. The van der Waals surface area contributed by atoms with Gasteiger partial charge in [-0.3, -0.25) is 0 Å². The summed E-state index contributed by atoms with van der Waals surface area (Å²) in [4.78, 5) is 2.08. The minimum absolute atomic E-state index is 0.0779. The van der Waals surface area contributed by atoms with Crippen LogP contribution < -0.4 is 4.90 Å². The molecule has 3 unspecified atom stereocenters. The van der Waals surface area contributed by atoms with E-state index in [9.17, 15) is 0 Å². The van der Waals surface area contributed by atoms with Crippen molar-refractivity contribution in [2.24, 2.45) is 0 Å². The van der Waals surface area contributed by atoms with Crippen LogP contribution in [0.1, 0.15) is 13.3 Å². The maximum atomic E-state index is 9.07. The first-order valence-electron chi connectivity index (χ1n) is 6.21. The van der Waals surface area contributed by atoms with Gasteiger partial charge in [-0.1, -0.05) is 18.2 Å². The first-order chi connectivity index (χ1) is 8.54. The molecule has 2 N–H and O–H groups in total. The first kappa shape index (κ1) is 15.0. The van der Waals surface area contributed by atoms with Crippen molar-refractivity contribution < 1.29 is 14.9 Å². The standard InChI is InChI=1S/C8H11N.C6H12O3/c1-9(2)8-6-4-3-5-7-8;1-4-2-5(8)6(3-7)9-4/h3-7H,1-2H3;4-8H,2-3H2,1H3. The van der Waals surface area contributed by atoms with Gasteiger partial charge in [-0.05, 0) is 19.1 Å². The predicted molar refractivity (Wildman–Crippen MR) is 72.8 cm³/mol. The van der Waals surface area contributed by atoms with Crippen molar-refractivity contribution in [3.8, 4) is 0 Å². The van der Waals surface area contributed by atoms with Crippen molar-refractivity contribution in [1.82, 2.24) is 0 Å². The summed E-state index contributed by atoms with van der Waals surface area (Å²) in [5, 5.41) is 17.6. The molecule has 1 aliphatic rings. The highest BCUT2D eigenvalue weighted by molar-refractivity contribution is 5.43.